The normalized spacial score (nSPS) is 11.3. The van der Waals surface area contributed by atoms with Crippen LogP contribution in [0.3, 0.4) is 0 Å². The Morgan fingerprint density at radius 3 is 2.61 bits per heavy atom. The fourth-order valence-electron chi connectivity index (χ4n) is 2.73. The third kappa shape index (κ3) is 5.37. The predicted molar refractivity (Wildman–Crippen MR) is 111 cm³/mol. The van der Waals surface area contributed by atoms with E-state index in [2.05, 4.69) is 20.8 Å². The maximum Gasteiger partial charge on any atom is 0.244 e. The van der Waals surface area contributed by atoms with Gasteiger partial charge in [0.15, 0.2) is 0 Å². The zero-order valence-electron chi connectivity index (χ0n) is 15.3. The highest BCUT2D eigenvalue weighted by Crippen LogP contribution is 2.18. The molecule has 0 spiro atoms. The SMILES string of the molecule is C/C(CC(=O)Nc1ccc(Cl)cn1)=N\NC(=O)Cc1cccc2ccccc12. The molecular weight excluding hydrogens is 376 g/mol. The van der Waals surface area contributed by atoms with Crippen LogP contribution in [0.2, 0.25) is 5.02 Å². The van der Waals surface area contributed by atoms with E-state index in [1.54, 1.807) is 19.1 Å². The summed E-state index contributed by atoms with van der Waals surface area (Å²) < 4.78 is 0. The van der Waals surface area contributed by atoms with Crippen LogP contribution in [0.15, 0.2) is 65.9 Å². The van der Waals surface area contributed by atoms with Crippen molar-refractivity contribution in [3.8, 4) is 0 Å². The van der Waals surface area contributed by atoms with Gasteiger partial charge in [-0.05, 0) is 35.4 Å². The van der Waals surface area contributed by atoms with E-state index in [9.17, 15) is 9.59 Å². The van der Waals surface area contributed by atoms with Gasteiger partial charge in [0, 0.05) is 11.9 Å². The summed E-state index contributed by atoms with van der Waals surface area (Å²) in [5.41, 5.74) is 3.92. The number of carbonyl (C=O) groups excluding carboxylic acids is 2. The fraction of sp³-hybridized carbons (Fsp3) is 0.143. The van der Waals surface area contributed by atoms with Crippen LogP contribution in [0.25, 0.3) is 10.8 Å². The van der Waals surface area contributed by atoms with Gasteiger partial charge < -0.3 is 5.32 Å². The summed E-state index contributed by atoms with van der Waals surface area (Å²) >= 11 is 5.76. The molecule has 7 heteroatoms. The van der Waals surface area contributed by atoms with Crippen molar-refractivity contribution in [2.45, 2.75) is 19.8 Å². The highest BCUT2D eigenvalue weighted by Gasteiger charge is 2.08. The van der Waals surface area contributed by atoms with E-state index in [1.165, 1.54) is 6.20 Å². The van der Waals surface area contributed by atoms with Gasteiger partial charge in [-0.1, -0.05) is 54.1 Å². The van der Waals surface area contributed by atoms with Crippen LogP contribution in [0.4, 0.5) is 5.82 Å². The van der Waals surface area contributed by atoms with Crippen LogP contribution in [0, 0.1) is 0 Å². The van der Waals surface area contributed by atoms with Gasteiger partial charge in [-0.15, -0.1) is 0 Å². The minimum absolute atomic E-state index is 0.0405. The largest absolute Gasteiger partial charge is 0.310 e. The number of nitrogens with zero attached hydrogens (tertiary/aromatic N) is 2. The molecule has 142 valence electrons. The van der Waals surface area contributed by atoms with Gasteiger partial charge in [0.2, 0.25) is 11.8 Å². The molecule has 0 aliphatic heterocycles. The standard InChI is InChI=1S/C21H19ClN4O2/c1-14(11-20(27)24-19-10-9-17(22)13-23-19)25-26-21(28)12-16-7-4-6-15-5-2-3-8-18(15)16/h2-10,13H,11-12H2,1H3,(H,26,28)(H,23,24,27)/b25-14+. The molecule has 6 nitrogen and oxygen atoms in total. The third-order valence-corrected chi connectivity index (χ3v) is 4.24. The Balaban J connectivity index is 1.54. The van der Waals surface area contributed by atoms with Crippen LogP contribution in [-0.2, 0) is 16.0 Å². The lowest BCUT2D eigenvalue weighted by Gasteiger charge is -2.07. The molecule has 1 aromatic heterocycles. The van der Waals surface area contributed by atoms with Crippen LogP contribution in [0.5, 0.6) is 0 Å². The summed E-state index contributed by atoms with van der Waals surface area (Å²) in [6.45, 7) is 1.67. The van der Waals surface area contributed by atoms with Gasteiger partial charge in [-0.3, -0.25) is 9.59 Å². The van der Waals surface area contributed by atoms with E-state index < -0.39 is 0 Å². The average molecular weight is 395 g/mol. The number of amides is 2. The lowest BCUT2D eigenvalue weighted by Crippen LogP contribution is -2.23. The number of hydrogen-bond acceptors (Lipinski definition) is 4. The van der Waals surface area contributed by atoms with Crippen molar-refractivity contribution >= 4 is 45.7 Å². The Morgan fingerprint density at radius 1 is 1.04 bits per heavy atom. The molecule has 0 atom stereocenters. The molecule has 0 unspecified atom stereocenters. The van der Waals surface area contributed by atoms with E-state index in [0.717, 1.165) is 16.3 Å². The second kappa shape index (κ2) is 9.10. The summed E-state index contributed by atoms with van der Waals surface area (Å²) in [5.74, 6) is -0.114. The van der Waals surface area contributed by atoms with E-state index in [-0.39, 0.29) is 24.7 Å². The van der Waals surface area contributed by atoms with Gasteiger partial charge in [0.1, 0.15) is 5.82 Å². The van der Waals surface area contributed by atoms with Crippen molar-refractivity contribution in [1.29, 1.82) is 0 Å². The number of hydrazone groups is 1. The Morgan fingerprint density at radius 2 is 1.82 bits per heavy atom. The second-order valence-electron chi connectivity index (χ2n) is 6.28. The molecule has 3 aromatic rings. The van der Waals surface area contributed by atoms with E-state index in [4.69, 9.17) is 11.6 Å². The molecule has 2 N–H and O–H groups in total. The number of carbonyl (C=O) groups is 2. The number of pyridine rings is 1. The van der Waals surface area contributed by atoms with Gasteiger partial charge in [-0.2, -0.15) is 5.10 Å². The number of aromatic nitrogens is 1. The molecule has 1 heterocycles. The zero-order valence-corrected chi connectivity index (χ0v) is 16.0. The Labute approximate surface area is 167 Å². The first-order chi connectivity index (χ1) is 13.5. The van der Waals surface area contributed by atoms with Gasteiger partial charge in [0.05, 0.1) is 17.9 Å². The van der Waals surface area contributed by atoms with Crippen LogP contribution in [0.1, 0.15) is 18.9 Å². The summed E-state index contributed by atoms with van der Waals surface area (Å²) in [6.07, 6.45) is 1.70. The maximum atomic E-state index is 12.2. The first-order valence-electron chi connectivity index (χ1n) is 8.71. The molecule has 2 aromatic carbocycles. The van der Waals surface area contributed by atoms with Gasteiger partial charge in [0.25, 0.3) is 0 Å². The van der Waals surface area contributed by atoms with Crippen molar-refractivity contribution < 1.29 is 9.59 Å². The monoisotopic (exact) mass is 394 g/mol. The molecule has 0 bridgehead atoms. The zero-order chi connectivity index (χ0) is 19.9. The Bertz CT molecular complexity index is 1030. The molecule has 0 aliphatic rings. The topological polar surface area (TPSA) is 83.4 Å². The highest BCUT2D eigenvalue weighted by molar-refractivity contribution is 6.30. The molecule has 0 radical (unpaired) electrons. The number of anilines is 1. The number of fused-ring (bicyclic) bond motifs is 1. The van der Waals surface area contributed by atoms with Crippen molar-refractivity contribution in [3.63, 3.8) is 0 Å². The first kappa shape index (κ1) is 19.5. The van der Waals surface area contributed by atoms with Crippen LogP contribution < -0.4 is 10.7 Å². The van der Waals surface area contributed by atoms with E-state index >= 15 is 0 Å². The number of hydrogen-bond donors (Lipinski definition) is 2. The van der Waals surface area contributed by atoms with Crippen molar-refractivity contribution in [2.75, 3.05) is 5.32 Å². The summed E-state index contributed by atoms with van der Waals surface area (Å²) in [5, 5.41) is 9.27. The Kier molecular flexibility index (Phi) is 6.34. The quantitative estimate of drug-likeness (QED) is 0.490. The van der Waals surface area contributed by atoms with Gasteiger partial charge >= 0.3 is 0 Å². The molecule has 0 saturated carbocycles. The van der Waals surface area contributed by atoms with Gasteiger partial charge in [-0.25, -0.2) is 10.4 Å². The van der Waals surface area contributed by atoms with E-state index in [0.29, 0.717) is 16.6 Å². The van der Waals surface area contributed by atoms with Crippen LogP contribution in [-0.4, -0.2) is 22.5 Å². The number of benzene rings is 2. The summed E-state index contributed by atoms with van der Waals surface area (Å²) in [7, 11) is 0. The lowest BCUT2D eigenvalue weighted by atomic mass is 10.0. The maximum absolute atomic E-state index is 12.2. The second-order valence-corrected chi connectivity index (χ2v) is 6.72. The molecule has 2 amide bonds. The Hall–Kier alpha value is -3.25. The number of nitrogens with one attached hydrogen (secondary N) is 2. The average Bonchev–Trinajstić information content (AvgIpc) is 2.68. The van der Waals surface area contributed by atoms with E-state index in [1.807, 2.05) is 42.5 Å². The number of halogens is 1. The fourth-order valence-corrected chi connectivity index (χ4v) is 2.84. The minimum atomic E-state index is -0.278. The summed E-state index contributed by atoms with van der Waals surface area (Å²) in [6, 6.07) is 17.0. The molecule has 3 rings (SSSR count). The molecule has 0 fully saturated rings. The van der Waals surface area contributed by atoms with Crippen molar-refractivity contribution in [2.24, 2.45) is 5.10 Å². The van der Waals surface area contributed by atoms with Crippen molar-refractivity contribution in [3.05, 3.63) is 71.4 Å². The molecule has 0 aliphatic carbocycles. The minimum Gasteiger partial charge on any atom is -0.310 e. The van der Waals surface area contributed by atoms with Crippen molar-refractivity contribution in [1.82, 2.24) is 10.4 Å². The molecule has 28 heavy (non-hydrogen) atoms. The van der Waals surface area contributed by atoms with Crippen LogP contribution >= 0.6 is 11.6 Å². The highest BCUT2D eigenvalue weighted by atomic mass is 35.5. The summed E-state index contributed by atoms with van der Waals surface area (Å²) in [4.78, 5) is 28.2. The molecule has 0 saturated heterocycles. The number of rotatable bonds is 6. The molecular formula is C21H19ClN4O2. The lowest BCUT2D eigenvalue weighted by molar-refractivity contribution is -0.120. The predicted octanol–water partition coefficient (Wildman–Crippen LogP) is 3.95. The third-order valence-electron chi connectivity index (χ3n) is 4.01. The smallest absolute Gasteiger partial charge is 0.244 e. The first-order valence-corrected chi connectivity index (χ1v) is 9.09.